The maximum Gasteiger partial charge on any atom is 0.341 e. The van der Waals surface area contributed by atoms with Gasteiger partial charge in [0.2, 0.25) is 0 Å². The molecule has 11 heteroatoms. The van der Waals surface area contributed by atoms with E-state index in [-0.39, 0.29) is 72.0 Å². The Morgan fingerprint density at radius 3 is 2.09 bits per heavy atom. The smallest absolute Gasteiger partial charge is 0.341 e. The summed E-state index contributed by atoms with van der Waals surface area (Å²) in [5.74, 6) is -2.41. The Balaban J connectivity index is 1.57. The Hall–Kier alpha value is -6.42. The lowest BCUT2D eigenvalue weighted by Crippen LogP contribution is -2.34. The Morgan fingerprint density at radius 2 is 1.42 bits per heavy atom. The van der Waals surface area contributed by atoms with Crippen LogP contribution in [0.15, 0.2) is 110 Å². The number of rotatable bonds is 4. The zero-order chi connectivity index (χ0) is 36.8. The van der Waals surface area contributed by atoms with E-state index >= 15 is 0 Å². The average Bonchev–Trinajstić information content (AvgIpc) is 3.47. The minimum Gasteiger partial charge on any atom is -0.507 e. The molecule has 0 aliphatic carbocycles. The number of ether oxygens (including phenoxy) is 2. The van der Waals surface area contributed by atoms with Crippen LogP contribution in [0.3, 0.4) is 0 Å². The van der Waals surface area contributed by atoms with E-state index in [0.717, 1.165) is 11.6 Å². The number of aromatic hydroxyl groups is 2. The first-order valence-corrected chi connectivity index (χ1v) is 17.1. The lowest BCUT2D eigenvalue weighted by atomic mass is 9.72. The lowest BCUT2D eigenvalue weighted by Gasteiger charge is -2.40. The third-order valence-corrected chi connectivity index (χ3v) is 10.6. The second-order valence-corrected chi connectivity index (χ2v) is 13.5. The van der Waals surface area contributed by atoms with Crippen LogP contribution in [0.2, 0.25) is 10.0 Å². The van der Waals surface area contributed by atoms with Crippen molar-refractivity contribution in [2.24, 2.45) is 0 Å². The number of aromatic carboxylic acids is 1. The summed E-state index contributed by atoms with van der Waals surface area (Å²) in [5, 5.41) is 35.1. The number of aryl methyl sites for hydroxylation is 1. The van der Waals surface area contributed by atoms with Gasteiger partial charge in [0.1, 0.15) is 23.0 Å². The third-order valence-electron chi connectivity index (χ3n) is 9.92. The zero-order valence-corrected chi connectivity index (χ0v) is 29.0. The Labute approximate surface area is 311 Å². The molecule has 7 aromatic rings. The van der Waals surface area contributed by atoms with Crippen molar-refractivity contribution in [1.82, 2.24) is 9.97 Å². The van der Waals surface area contributed by atoms with Crippen molar-refractivity contribution in [2.75, 3.05) is 0 Å². The molecule has 0 amide bonds. The van der Waals surface area contributed by atoms with E-state index in [1.54, 1.807) is 79.4 Å². The molecule has 53 heavy (non-hydrogen) atoms. The summed E-state index contributed by atoms with van der Waals surface area (Å²) < 4.78 is 13.6. The van der Waals surface area contributed by atoms with Crippen LogP contribution < -0.4 is 4.74 Å². The molecule has 0 radical (unpaired) electrons. The average molecular weight is 740 g/mol. The summed E-state index contributed by atoms with van der Waals surface area (Å²) in [6, 6.07) is 24.0. The SMILES string of the molecule is Cc1ccccc1-c1c(O)c(-c2cccnc2)cc2c1Oc1c(-c3cccnc3)c(O)c3ccccc3c1C21OC(=O)c2c(Cl)cc(C(=O)O)c(Cl)c21. The van der Waals surface area contributed by atoms with Gasteiger partial charge in [-0.3, -0.25) is 9.97 Å². The van der Waals surface area contributed by atoms with Crippen LogP contribution in [-0.4, -0.2) is 37.2 Å². The van der Waals surface area contributed by atoms with E-state index in [0.29, 0.717) is 33.0 Å². The molecule has 9 nitrogen and oxygen atoms in total. The molecule has 3 N–H and O–H groups in total. The van der Waals surface area contributed by atoms with Crippen molar-refractivity contribution in [2.45, 2.75) is 12.5 Å². The van der Waals surface area contributed by atoms with Crippen LogP contribution in [0.1, 0.15) is 43.0 Å². The van der Waals surface area contributed by atoms with Gasteiger partial charge >= 0.3 is 11.9 Å². The van der Waals surface area contributed by atoms with Gasteiger partial charge in [-0.15, -0.1) is 0 Å². The normalized spacial score (nSPS) is 15.4. The highest BCUT2D eigenvalue weighted by atomic mass is 35.5. The standard InChI is InChI=1S/C42H24Cl2N2O7/c1-20-8-2-3-11-23(20)31-37(48)26(21-9-6-14-45-18-21)16-28-38(31)52-39-30(22-10-7-15-46-19-22)36(47)25-13-5-4-12-24(25)33(39)42(28)34-32(41(51)53-42)29(43)17-27(35(34)44)40(49)50/h2-19,47-48H,1H3,(H,49,50). The van der Waals surface area contributed by atoms with Gasteiger partial charge in [-0.2, -0.15) is 0 Å². The van der Waals surface area contributed by atoms with E-state index in [2.05, 4.69) is 9.97 Å². The molecule has 5 aromatic carbocycles. The summed E-state index contributed by atoms with van der Waals surface area (Å²) in [4.78, 5) is 35.6. The summed E-state index contributed by atoms with van der Waals surface area (Å²) in [5.41, 5.74) is 1.06. The number of carboxylic acids is 1. The lowest BCUT2D eigenvalue weighted by molar-refractivity contribution is 0.0230. The molecule has 0 saturated heterocycles. The van der Waals surface area contributed by atoms with Crippen LogP contribution in [0.25, 0.3) is 44.2 Å². The van der Waals surface area contributed by atoms with Gasteiger partial charge in [0.25, 0.3) is 0 Å². The van der Waals surface area contributed by atoms with Crippen molar-refractivity contribution in [3.63, 3.8) is 0 Å². The molecule has 0 bridgehead atoms. The zero-order valence-electron chi connectivity index (χ0n) is 27.5. The Bertz CT molecular complexity index is 2740. The first-order chi connectivity index (χ1) is 25.6. The fraction of sp³-hybridized carbons (Fsp3) is 0.0476. The fourth-order valence-corrected chi connectivity index (χ4v) is 8.29. The molecule has 4 heterocycles. The highest BCUT2D eigenvalue weighted by Crippen LogP contribution is 2.66. The Morgan fingerprint density at radius 1 is 0.736 bits per heavy atom. The van der Waals surface area contributed by atoms with Crippen molar-refractivity contribution in [3.05, 3.63) is 153 Å². The topological polar surface area (TPSA) is 139 Å². The number of phenols is 2. The second kappa shape index (κ2) is 11.8. The summed E-state index contributed by atoms with van der Waals surface area (Å²) in [7, 11) is 0. The molecule has 2 aromatic heterocycles. The van der Waals surface area contributed by atoms with E-state index in [9.17, 15) is 24.9 Å². The molecule has 0 saturated carbocycles. The quantitative estimate of drug-likeness (QED) is 0.151. The largest absolute Gasteiger partial charge is 0.507 e. The highest BCUT2D eigenvalue weighted by Gasteiger charge is 2.58. The predicted octanol–water partition coefficient (Wildman–Crippen LogP) is 9.92. The van der Waals surface area contributed by atoms with Gasteiger partial charge in [0, 0.05) is 58.0 Å². The molecule has 1 unspecified atom stereocenters. The van der Waals surface area contributed by atoms with Gasteiger partial charge < -0.3 is 24.8 Å². The number of carboxylic acid groups (broad SMARTS) is 1. The van der Waals surface area contributed by atoms with Gasteiger partial charge in [0.05, 0.1) is 37.9 Å². The number of benzene rings is 5. The fourth-order valence-electron chi connectivity index (χ4n) is 7.65. The van der Waals surface area contributed by atoms with Crippen LogP contribution in [0.4, 0.5) is 0 Å². The van der Waals surface area contributed by atoms with E-state index in [4.69, 9.17) is 32.7 Å². The number of nitrogens with zero attached hydrogens (tertiary/aromatic N) is 2. The molecular weight excluding hydrogens is 715 g/mol. The van der Waals surface area contributed by atoms with Gasteiger partial charge in [-0.1, -0.05) is 83.9 Å². The number of hydrogen-bond donors (Lipinski definition) is 3. The summed E-state index contributed by atoms with van der Waals surface area (Å²) >= 11 is 13.9. The number of esters is 1. The molecule has 1 atom stereocenters. The number of phenolic OH excluding ortho intramolecular Hbond substituents is 2. The van der Waals surface area contributed by atoms with Gasteiger partial charge in [0.15, 0.2) is 5.60 Å². The molecule has 258 valence electrons. The van der Waals surface area contributed by atoms with E-state index in [1.165, 1.54) is 0 Å². The molecular formula is C42H24Cl2N2O7. The molecule has 2 aliphatic rings. The van der Waals surface area contributed by atoms with E-state index in [1.807, 2.05) is 31.2 Å². The number of hydrogen-bond acceptors (Lipinski definition) is 8. The number of carbonyl (C=O) groups is 2. The minimum absolute atomic E-state index is 0.0218. The third kappa shape index (κ3) is 4.51. The Kier molecular flexibility index (Phi) is 7.24. The van der Waals surface area contributed by atoms with Gasteiger partial charge in [-0.05, 0) is 47.7 Å². The van der Waals surface area contributed by atoms with Crippen LogP contribution in [0, 0.1) is 6.92 Å². The molecule has 1 spiro atoms. The number of halogens is 2. The van der Waals surface area contributed by atoms with Crippen molar-refractivity contribution >= 4 is 45.9 Å². The first-order valence-electron chi connectivity index (χ1n) is 16.4. The number of fused-ring (bicyclic) bond motifs is 8. The molecule has 9 rings (SSSR count). The predicted molar refractivity (Wildman–Crippen MR) is 199 cm³/mol. The summed E-state index contributed by atoms with van der Waals surface area (Å²) in [6.07, 6.45) is 6.33. The van der Waals surface area contributed by atoms with Crippen molar-refractivity contribution < 1.29 is 34.4 Å². The molecule has 2 aliphatic heterocycles. The molecule has 0 fully saturated rings. The summed E-state index contributed by atoms with van der Waals surface area (Å²) in [6.45, 7) is 1.88. The van der Waals surface area contributed by atoms with Gasteiger partial charge in [-0.25, -0.2) is 9.59 Å². The number of pyridine rings is 2. The second-order valence-electron chi connectivity index (χ2n) is 12.7. The first kappa shape index (κ1) is 32.5. The van der Waals surface area contributed by atoms with Crippen LogP contribution >= 0.6 is 23.2 Å². The van der Waals surface area contributed by atoms with E-state index < -0.39 is 17.5 Å². The maximum atomic E-state index is 14.3. The highest BCUT2D eigenvalue weighted by molar-refractivity contribution is 6.39. The van der Waals surface area contributed by atoms with Crippen LogP contribution in [-0.2, 0) is 10.3 Å². The minimum atomic E-state index is -2.05. The van der Waals surface area contributed by atoms with Crippen molar-refractivity contribution in [1.29, 1.82) is 0 Å². The number of carbonyl (C=O) groups excluding carboxylic acids is 1. The monoisotopic (exact) mass is 738 g/mol. The maximum absolute atomic E-state index is 14.3. The number of aromatic nitrogens is 2. The van der Waals surface area contributed by atoms with Crippen LogP contribution in [0.5, 0.6) is 23.0 Å². The van der Waals surface area contributed by atoms with Crippen molar-refractivity contribution in [3.8, 4) is 56.4 Å².